The van der Waals surface area contributed by atoms with Gasteiger partial charge in [0.1, 0.15) is 0 Å². The molecule has 0 atom stereocenters. The molecule has 0 saturated heterocycles. The molecule has 82 valence electrons. The second kappa shape index (κ2) is 3.33. The molecule has 4 nitrogen and oxygen atoms in total. The Balaban J connectivity index is 2.00. The molecule has 0 unspecified atom stereocenters. The first kappa shape index (κ1) is 9.39. The van der Waals surface area contributed by atoms with Gasteiger partial charge in [-0.2, -0.15) is 4.98 Å². The van der Waals surface area contributed by atoms with Gasteiger partial charge in [-0.05, 0) is 43.5 Å². The van der Waals surface area contributed by atoms with Gasteiger partial charge < -0.3 is 10.3 Å². The lowest BCUT2D eigenvalue weighted by atomic mass is 10.1. The smallest absolute Gasteiger partial charge is 0.258 e. The number of hydrogen-bond donors (Lipinski definition) is 1. The Morgan fingerprint density at radius 3 is 2.88 bits per heavy atom. The van der Waals surface area contributed by atoms with E-state index < -0.39 is 0 Å². The van der Waals surface area contributed by atoms with Gasteiger partial charge in [-0.25, -0.2) is 0 Å². The molecular weight excluding hydrogens is 202 g/mol. The fraction of sp³-hybridized carbons (Fsp3) is 0.333. The molecule has 0 spiro atoms. The highest BCUT2D eigenvalue weighted by molar-refractivity contribution is 5.62. The van der Waals surface area contributed by atoms with Gasteiger partial charge in [-0.15, -0.1) is 0 Å². The molecule has 4 heteroatoms. The van der Waals surface area contributed by atoms with E-state index in [2.05, 4.69) is 10.1 Å². The number of aromatic nitrogens is 2. The Morgan fingerprint density at radius 2 is 2.19 bits per heavy atom. The Labute approximate surface area is 93.5 Å². The summed E-state index contributed by atoms with van der Waals surface area (Å²) in [7, 11) is 0. The van der Waals surface area contributed by atoms with Crippen molar-refractivity contribution in [2.75, 3.05) is 5.73 Å². The SMILES string of the molecule is Cc1cc(N)ccc1-c1nc(C2CC2)no1. The molecule has 1 aromatic heterocycles. The van der Waals surface area contributed by atoms with Crippen molar-refractivity contribution in [3.05, 3.63) is 29.6 Å². The second-order valence-corrected chi connectivity index (χ2v) is 4.31. The Kier molecular flexibility index (Phi) is 1.96. The summed E-state index contributed by atoms with van der Waals surface area (Å²) in [5.74, 6) is 1.96. The van der Waals surface area contributed by atoms with Crippen LogP contribution in [0.3, 0.4) is 0 Å². The van der Waals surface area contributed by atoms with Gasteiger partial charge in [-0.3, -0.25) is 0 Å². The van der Waals surface area contributed by atoms with Crippen LogP contribution in [0, 0.1) is 6.92 Å². The highest BCUT2D eigenvalue weighted by Gasteiger charge is 2.29. The highest BCUT2D eigenvalue weighted by Crippen LogP contribution is 2.39. The van der Waals surface area contributed by atoms with Crippen molar-refractivity contribution in [3.63, 3.8) is 0 Å². The lowest BCUT2D eigenvalue weighted by Gasteiger charge is -2.00. The molecule has 2 N–H and O–H groups in total. The molecule has 0 bridgehead atoms. The molecular formula is C12H13N3O. The van der Waals surface area contributed by atoms with E-state index in [9.17, 15) is 0 Å². The Morgan fingerprint density at radius 1 is 1.38 bits per heavy atom. The molecule has 2 aromatic rings. The largest absolute Gasteiger partial charge is 0.399 e. The van der Waals surface area contributed by atoms with E-state index in [-0.39, 0.29) is 0 Å². The maximum absolute atomic E-state index is 5.70. The number of nitrogens with two attached hydrogens (primary N) is 1. The third-order valence-corrected chi connectivity index (χ3v) is 2.87. The molecule has 1 aliphatic carbocycles. The molecule has 16 heavy (non-hydrogen) atoms. The van der Waals surface area contributed by atoms with Crippen LogP contribution in [-0.2, 0) is 0 Å². The van der Waals surface area contributed by atoms with E-state index in [0.717, 1.165) is 22.6 Å². The van der Waals surface area contributed by atoms with E-state index in [1.54, 1.807) is 0 Å². The summed E-state index contributed by atoms with van der Waals surface area (Å²) in [5.41, 5.74) is 8.48. The maximum atomic E-state index is 5.70. The summed E-state index contributed by atoms with van der Waals surface area (Å²) in [4.78, 5) is 4.41. The molecule has 1 heterocycles. The van der Waals surface area contributed by atoms with E-state index in [1.165, 1.54) is 12.8 Å². The van der Waals surface area contributed by atoms with Crippen molar-refractivity contribution >= 4 is 5.69 Å². The number of nitrogens with zero attached hydrogens (tertiary/aromatic N) is 2. The second-order valence-electron chi connectivity index (χ2n) is 4.31. The number of rotatable bonds is 2. The van der Waals surface area contributed by atoms with Crippen LogP contribution in [0.15, 0.2) is 22.7 Å². The Hall–Kier alpha value is -1.84. The van der Waals surface area contributed by atoms with Crippen molar-refractivity contribution in [2.45, 2.75) is 25.7 Å². The van der Waals surface area contributed by atoms with Crippen LogP contribution in [0.1, 0.15) is 30.1 Å². The van der Waals surface area contributed by atoms with E-state index in [4.69, 9.17) is 10.3 Å². The minimum atomic E-state index is 0.520. The molecule has 0 aliphatic heterocycles. The van der Waals surface area contributed by atoms with E-state index in [1.807, 2.05) is 25.1 Å². The summed E-state index contributed by atoms with van der Waals surface area (Å²) in [6, 6.07) is 5.69. The third kappa shape index (κ3) is 1.56. The average molecular weight is 215 g/mol. The van der Waals surface area contributed by atoms with Crippen molar-refractivity contribution in [3.8, 4) is 11.5 Å². The number of aryl methyl sites for hydroxylation is 1. The summed E-state index contributed by atoms with van der Waals surface area (Å²) in [5, 5.41) is 4.00. The monoisotopic (exact) mass is 215 g/mol. The number of hydrogen-bond acceptors (Lipinski definition) is 4. The number of benzene rings is 1. The van der Waals surface area contributed by atoms with Crippen molar-refractivity contribution in [1.29, 1.82) is 0 Å². The van der Waals surface area contributed by atoms with Crippen LogP contribution in [0.25, 0.3) is 11.5 Å². The standard InChI is InChI=1S/C12H13N3O/c1-7-6-9(13)4-5-10(7)12-14-11(15-16-12)8-2-3-8/h4-6,8H,2-3,13H2,1H3. The van der Waals surface area contributed by atoms with Crippen molar-refractivity contribution < 1.29 is 4.52 Å². The van der Waals surface area contributed by atoms with E-state index >= 15 is 0 Å². The van der Waals surface area contributed by atoms with Crippen LogP contribution in [0.4, 0.5) is 5.69 Å². The fourth-order valence-electron chi connectivity index (χ4n) is 1.78. The molecule has 1 aromatic carbocycles. The zero-order valence-electron chi connectivity index (χ0n) is 9.10. The van der Waals surface area contributed by atoms with E-state index in [0.29, 0.717) is 11.8 Å². The van der Waals surface area contributed by atoms with Crippen LogP contribution in [0.2, 0.25) is 0 Å². The minimum Gasteiger partial charge on any atom is -0.399 e. The lowest BCUT2D eigenvalue weighted by Crippen LogP contribution is -1.89. The van der Waals surface area contributed by atoms with Crippen LogP contribution in [-0.4, -0.2) is 10.1 Å². The predicted molar refractivity (Wildman–Crippen MR) is 60.9 cm³/mol. The summed E-state index contributed by atoms with van der Waals surface area (Å²) < 4.78 is 5.27. The minimum absolute atomic E-state index is 0.520. The van der Waals surface area contributed by atoms with Crippen molar-refractivity contribution in [1.82, 2.24) is 10.1 Å². The predicted octanol–water partition coefficient (Wildman–Crippen LogP) is 2.50. The molecule has 3 rings (SSSR count). The van der Waals surface area contributed by atoms with Crippen LogP contribution in [0.5, 0.6) is 0 Å². The molecule has 0 radical (unpaired) electrons. The first-order valence-electron chi connectivity index (χ1n) is 5.44. The first-order chi connectivity index (χ1) is 7.74. The topological polar surface area (TPSA) is 64.9 Å². The quantitative estimate of drug-likeness (QED) is 0.782. The molecule has 1 fully saturated rings. The van der Waals surface area contributed by atoms with Crippen LogP contribution < -0.4 is 5.73 Å². The lowest BCUT2D eigenvalue weighted by molar-refractivity contribution is 0.422. The van der Waals surface area contributed by atoms with Gasteiger partial charge in [0.2, 0.25) is 0 Å². The van der Waals surface area contributed by atoms with Gasteiger partial charge in [0, 0.05) is 17.2 Å². The zero-order chi connectivity index (χ0) is 11.1. The molecule has 1 aliphatic rings. The van der Waals surface area contributed by atoms with Gasteiger partial charge in [0.15, 0.2) is 5.82 Å². The van der Waals surface area contributed by atoms with Crippen molar-refractivity contribution in [2.24, 2.45) is 0 Å². The summed E-state index contributed by atoms with van der Waals surface area (Å²) in [6.45, 7) is 1.99. The number of anilines is 1. The Bertz CT molecular complexity index is 529. The molecule has 1 saturated carbocycles. The molecule has 0 amide bonds. The summed E-state index contributed by atoms with van der Waals surface area (Å²) in [6.07, 6.45) is 2.36. The van der Waals surface area contributed by atoms with Gasteiger partial charge in [0.05, 0.1) is 0 Å². The van der Waals surface area contributed by atoms with Crippen LogP contribution >= 0.6 is 0 Å². The summed E-state index contributed by atoms with van der Waals surface area (Å²) >= 11 is 0. The first-order valence-corrected chi connectivity index (χ1v) is 5.44. The third-order valence-electron chi connectivity index (χ3n) is 2.87. The zero-order valence-corrected chi connectivity index (χ0v) is 9.10. The highest BCUT2D eigenvalue weighted by atomic mass is 16.5. The van der Waals surface area contributed by atoms with Gasteiger partial charge in [-0.1, -0.05) is 5.16 Å². The normalized spacial score (nSPS) is 15.3. The average Bonchev–Trinajstić information content (AvgIpc) is 2.98. The fourth-order valence-corrected chi connectivity index (χ4v) is 1.78. The maximum Gasteiger partial charge on any atom is 0.258 e. The van der Waals surface area contributed by atoms with Gasteiger partial charge >= 0.3 is 0 Å². The number of nitrogen functional groups attached to an aromatic ring is 1. The van der Waals surface area contributed by atoms with Gasteiger partial charge in [0.25, 0.3) is 5.89 Å².